The van der Waals surface area contributed by atoms with E-state index >= 15 is 0 Å². The van der Waals surface area contributed by atoms with Crippen LogP contribution < -0.4 is 15.4 Å². The van der Waals surface area contributed by atoms with Crippen molar-refractivity contribution in [2.45, 2.75) is 26.4 Å². The predicted molar refractivity (Wildman–Crippen MR) is 126 cm³/mol. The Morgan fingerprint density at radius 1 is 1.21 bits per heavy atom. The lowest BCUT2D eigenvalue weighted by atomic mass is 10.3. The number of imidazole rings is 1. The number of ether oxygens (including phenoxy) is 1. The highest BCUT2D eigenvalue weighted by Gasteiger charge is 2.06. The molecule has 6 nitrogen and oxygen atoms in total. The van der Waals surface area contributed by atoms with E-state index in [1.807, 2.05) is 38.1 Å². The summed E-state index contributed by atoms with van der Waals surface area (Å²) in [7, 11) is 0. The van der Waals surface area contributed by atoms with Gasteiger partial charge in [0.1, 0.15) is 23.5 Å². The molecule has 3 aromatic rings. The highest BCUT2D eigenvalue weighted by Crippen LogP contribution is 2.14. The Balaban J connectivity index is 0.00000300. The third kappa shape index (κ3) is 7.19. The Labute approximate surface area is 187 Å². The molecule has 0 radical (unpaired) electrons. The van der Waals surface area contributed by atoms with Crippen molar-refractivity contribution in [2.24, 2.45) is 4.99 Å². The SMILES string of the molecule is CCNC(=NCC(C)Oc1cccc(F)c1)NCCc1nc2ccccc2[nH]1.I. The van der Waals surface area contributed by atoms with Gasteiger partial charge in [-0.05, 0) is 38.1 Å². The molecule has 2 aromatic carbocycles. The first kappa shape index (κ1) is 22.9. The normalized spacial score (nSPS) is 12.3. The van der Waals surface area contributed by atoms with Crippen LogP contribution in [0.2, 0.25) is 0 Å². The van der Waals surface area contributed by atoms with Gasteiger partial charge in [0, 0.05) is 25.6 Å². The van der Waals surface area contributed by atoms with Gasteiger partial charge < -0.3 is 20.4 Å². The monoisotopic (exact) mass is 511 g/mol. The second kappa shape index (κ2) is 11.6. The second-order valence-corrected chi connectivity index (χ2v) is 6.48. The number of guanidine groups is 1. The number of H-pyrrole nitrogens is 1. The van der Waals surface area contributed by atoms with Gasteiger partial charge in [0.05, 0.1) is 17.6 Å². The summed E-state index contributed by atoms with van der Waals surface area (Å²) in [6.45, 7) is 5.84. The molecule has 1 aromatic heterocycles. The Kier molecular flexibility index (Phi) is 9.17. The molecule has 0 amide bonds. The Morgan fingerprint density at radius 3 is 2.79 bits per heavy atom. The van der Waals surface area contributed by atoms with Gasteiger partial charge in [-0.1, -0.05) is 18.2 Å². The molecule has 0 fully saturated rings. The van der Waals surface area contributed by atoms with Gasteiger partial charge in [-0.2, -0.15) is 0 Å². The molecule has 0 saturated heterocycles. The molecular formula is C21H27FIN5O. The second-order valence-electron chi connectivity index (χ2n) is 6.48. The van der Waals surface area contributed by atoms with Gasteiger partial charge in [0.25, 0.3) is 0 Å². The summed E-state index contributed by atoms with van der Waals surface area (Å²) in [5.74, 6) is 1.85. The van der Waals surface area contributed by atoms with E-state index in [9.17, 15) is 4.39 Å². The van der Waals surface area contributed by atoms with Gasteiger partial charge in [-0.3, -0.25) is 0 Å². The minimum Gasteiger partial charge on any atom is -0.489 e. The number of hydrogen-bond acceptors (Lipinski definition) is 3. The molecular weight excluding hydrogens is 484 g/mol. The fraction of sp³-hybridized carbons (Fsp3) is 0.333. The van der Waals surface area contributed by atoms with E-state index in [2.05, 4.69) is 25.6 Å². The summed E-state index contributed by atoms with van der Waals surface area (Å²) in [6, 6.07) is 14.1. The van der Waals surface area contributed by atoms with Crippen molar-refractivity contribution >= 4 is 41.0 Å². The first-order chi connectivity index (χ1) is 13.6. The van der Waals surface area contributed by atoms with Crippen molar-refractivity contribution in [3.8, 4) is 5.75 Å². The average Bonchev–Trinajstić information content (AvgIpc) is 3.09. The molecule has 1 heterocycles. The van der Waals surface area contributed by atoms with Crippen LogP contribution in [0.1, 0.15) is 19.7 Å². The lowest BCUT2D eigenvalue weighted by molar-refractivity contribution is 0.229. The zero-order valence-corrected chi connectivity index (χ0v) is 18.9. The summed E-state index contributed by atoms with van der Waals surface area (Å²) >= 11 is 0. The van der Waals surface area contributed by atoms with Gasteiger partial charge in [-0.25, -0.2) is 14.4 Å². The van der Waals surface area contributed by atoms with Crippen LogP contribution in [0.25, 0.3) is 11.0 Å². The van der Waals surface area contributed by atoms with E-state index < -0.39 is 0 Å². The average molecular weight is 511 g/mol. The number of halogens is 2. The van der Waals surface area contributed by atoms with Crippen LogP contribution in [0.15, 0.2) is 53.5 Å². The topological polar surface area (TPSA) is 74.3 Å². The minimum absolute atomic E-state index is 0. The number of nitrogens with one attached hydrogen (secondary N) is 3. The molecule has 3 rings (SSSR count). The molecule has 0 aliphatic rings. The van der Waals surface area contributed by atoms with Gasteiger partial charge >= 0.3 is 0 Å². The quantitative estimate of drug-likeness (QED) is 0.244. The fourth-order valence-corrected chi connectivity index (χ4v) is 2.79. The van der Waals surface area contributed by atoms with Crippen LogP contribution in [0.4, 0.5) is 4.39 Å². The lowest BCUT2D eigenvalue weighted by Gasteiger charge is -2.15. The van der Waals surface area contributed by atoms with Gasteiger partial charge in [-0.15, -0.1) is 24.0 Å². The van der Waals surface area contributed by atoms with Crippen LogP contribution in [-0.4, -0.2) is 41.7 Å². The molecule has 1 atom stereocenters. The molecule has 1 unspecified atom stereocenters. The maximum Gasteiger partial charge on any atom is 0.191 e. The minimum atomic E-state index is -0.311. The lowest BCUT2D eigenvalue weighted by Crippen LogP contribution is -2.39. The van der Waals surface area contributed by atoms with E-state index in [1.54, 1.807) is 12.1 Å². The maximum atomic E-state index is 13.2. The van der Waals surface area contributed by atoms with Crippen molar-refractivity contribution in [2.75, 3.05) is 19.6 Å². The Bertz CT molecular complexity index is 897. The zero-order valence-electron chi connectivity index (χ0n) is 16.6. The van der Waals surface area contributed by atoms with Gasteiger partial charge in [0.15, 0.2) is 5.96 Å². The molecule has 0 aliphatic carbocycles. The molecule has 0 aliphatic heterocycles. The van der Waals surface area contributed by atoms with Crippen LogP contribution >= 0.6 is 24.0 Å². The molecule has 0 spiro atoms. The van der Waals surface area contributed by atoms with Crippen molar-refractivity contribution in [1.82, 2.24) is 20.6 Å². The number of fused-ring (bicyclic) bond motifs is 1. The van der Waals surface area contributed by atoms with Crippen molar-refractivity contribution in [3.05, 3.63) is 60.2 Å². The highest BCUT2D eigenvalue weighted by molar-refractivity contribution is 14.0. The number of para-hydroxylation sites is 2. The number of aromatic amines is 1. The van der Waals surface area contributed by atoms with Crippen molar-refractivity contribution < 1.29 is 9.13 Å². The summed E-state index contributed by atoms with van der Waals surface area (Å²) in [4.78, 5) is 12.4. The van der Waals surface area contributed by atoms with Gasteiger partial charge in [0.2, 0.25) is 0 Å². The van der Waals surface area contributed by atoms with E-state index in [0.717, 1.165) is 29.8 Å². The number of rotatable bonds is 8. The van der Waals surface area contributed by atoms with Crippen LogP contribution in [-0.2, 0) is 6.42 Å². The number of aliphatic imine (C=N–C) groups is 1. The summed E-state index contributed by atoms with van der Waals surface area (Å²) in [5.41, 5.74) is 2.02. The van der Waals surface area contributed by atoms with Crippen LogP contribution in [0.3, 0.4) is 0 Å². The smallest absolute Gasteiger partial charge is 0.191 e. The Morgan fingerprint density at radius 2 is 2.03 bits per heavy atom. The Hall–Kier alpha value is -2.36. The third-order valence-electron chi connectivity index (χ3n) is 4.08. The number of hydrogen-bond donors (Lipinski definition) is 3. The summed E-state index contributed by atoms with van der Waals surface area (Å²) in [5, 5.41) is 6.52. The molecule has 0 saturated carbocycles. The van der Waals surface area contributed by atoms with E-state index in [1.165, 1.54) is 12.1 Å². The molecule has 156 valence electrons. The summed E-state index contributed by atoms with van der Waals surface area (Å²) in [6.07, 6.45) is 0.585. The first-order valence-electron chi connectivity index (χ1n) is 9.52. The van der Waals surface area contributed by atoms with E-state index in [0.29, 0.717) is 24.8 Å². The third-order valence-corrected chi connectivity index (χ3v) is 4.08. The molecule has 8 heteroatoms. The van der Waals surface area contributed by atoms with E-state index in [-0.39, 0.29) is 35.9 Å². The van der Waals surface area contributed by atoms with Crippen LogP contribution in [0, 0.1) is 5.82 Å². The summed E-state index contributed by atoms with van der Waals surface area (Å²) < 4.78 is 19.0. The predicted octanol–water partition coefficient (Wildman–Crippen LogP) is 3.89. The maximum absolute atomic E-state index is 13.2. The highest BCUT2D eigenvalue weighted by atomic mass is 127. The molecule has 0 bridgehead atoms. The van der Waals surface area contributed by atoms with E-state index in [4.69, 9.17) is 4.74 Å². The van der Waals surface area contributed by atoms with Crippen LogP contribution in [0.5, 0.6) is 5.75 Å². The number of aromatic nitrogens is 2. The molecule has 3 N–H and O–H groups in total. The zero-order chi connectivity index (χ0) is 19.8. The number of benzene rings is 2. The van der Waals surface area contributed by atoms with Crippen molar-refractivity contribution in [3.63, 3.8) is 0 Å². The molecule has 29 heavy (non-hydrogen) atoms. The first-order valence-corrected chi connectivity index (χ1v) is 9.52. The largest absolute Gasteiger partial charge is 0.489 e. The standard InChI is InChI=1S/C21H26FN5O.HI/c1-3-23-21(25-14-15(2)28-17-8-6-7-16(22)13-17)24-12-11-20-26-18-9-4-5-10-19(18)27-20;/h4-10,13,15H,3,11-12,14H2,1-2H3,(H,26,27)(H2,23,24,25);1H. The number of nitrogens with zero attached hydrogens (tertiary/aromatic N) is 2. The van der Waals surface area contributed by atoms with Crippen molar-refractivity contribution in [1.29, 1.82) is 0 Å². The fourth-order valence-electron chi connectivity index (χ4n) is 2.79.